The molecule has 0 radical (unpaired) electrons. The van der Waals surface area contributed by atoms with E-state index in [1.54, 1.807) is 7.11 Å². The van der Waals surface area contributed by atoms with E-state index < -0.39 is 0 Å². The van der Waals surface area contributed by atoms with Gasteiger partial charge < -0.3 is 10.1 Å². The van der Waals surface area contributed by atoms with Gasteiger partial charge in [0, 0.05) is 32.0 Å². The molecule has 1 aromatic rings. The van der Waals surface area contributed by atoms with Crippen molar-refractivity contribution in [3.8, 4) is 0 Å². The van der Waals surface area contributed by atoms with E-state index in [0.717, 1.165) is 48.4 Å². The van der Waals surface area contributed by atoms with Gasteiger partial charge in [-0.2, -0.15) is 11.8 Å². The highest BCUT2D eigenvalue weighted by atomic mass is 32.2. The summed E-state index contributed by atoms with van der Waals surface area (Å²) in [5, 5.41) is 3.22. The van der Waals surface area contributed by atoms with Crippen LogP contribution in [0, 0.1) is 6.92 Å². The van der Waals surface area contributed by atoms with Crippen molar-refractivity contribution in [2.24, 2.45) is 0 Å². The van der Waals surface area contributed by atoms with Gasteiger partial charge in [0.15, 0.2) is 0 Å². The Morgan fingerprint density at radius 3 is 2.94 bits per heavy atom. The summed E-state index contributed by atoms with van der Waals surface area (Å²) in [5.41, 5.74) is 1.02. The van der Waals surface area contributed by atoms with E-state index in [4.69, 9.17) is 4.74 Å². The molecule has 17 heavy (non-hydrogen) atoms. The Hall–Kier alpha value is -0.810. The van der Waals surface area contributed by atoms with Crippen molar-refractivity contribution in [1.29, 1.82) is 0 Å². The summed E-state index contributed by atoms with van der Waals surface area (Å²) in [7, 11) is 1.73. The second-order valence-corrected chi connectivity index (χ2v) is 4.85. The van der Waals surface area contributed by atoms with Crippen LogP contribution in [-0.2, 0) is 10.5 Å². The molecular formula is C12H21N3OS. The number of anilines is 1. The third-order valence-corrected chi connectivity index (χ3v) is 3.17. The van der Waals surface area contributed by atoms with Crippen molar-refractivity contribution in [2.45, 2.75) is 26.0 Å². The smallest absolute Gasteiger partial charge is 0.140 e. The van der Waals surface area contributed by atoms with Crippen LogP contribution in [0.15, 0.2) is 6.07 Å². The number of aryl methyl sites for hydroxylation is 1. The van der Waals surface area contributed by atoms with Gasteiger partial charge in [0.05, 0.1) is 5.75 Å². The van der Waals surface area contributed by atoms with Crippen LogP contribution in [0.4, 0.5) is 5.82 Å². The molecule has 1 aromatic heterocycles. The molecule has 0 fully saturated rings. The lowest BCUT2D eigenvalue weighted by Crippen LogP contribution is -2.04. The Balaban J connectivity index is 2.41. The van der Waals surface area contributed by atoms with Crippen LogP contribution in [0.25, 0.3) is 0 Å². The molecule has 96 valence electrons. The fourth-order valence-electron chi connectivity index (χ4n) is 1.44. The highest BCUT2D eigenvalue weighted by Crippen LogP contribution is 2.13. The SMILES string of the molecule is CCNc1cc(C)nc(CSCCCOC)n1. The lowest BCUT2D eigenvalue weighted by molar-refractivity contribution is 0.200. The van der Waals surface area contributed by atoms with E-state index in [0.29, 0.717) is 0 Å². The number of hydrogen-bond donors (Lipinski definition) is 1. The second kappa shape index (κ2) is 8.31. The fraction of sp³-hybridized carbons (Fsp3) is 0.667. The van der Waals surface area contributed by atoms with Crippen LogP contribution in [0.5, 0.6) is 0 Å². The predicted octanol–water partition coefficient (Wildman–Crippen LogP) is 2.49. The summed E-state index contributed by atoms with van der Waals surface area (Å²) in [5.74, 6) is 3.78. The number of nitrogens with zero attached hydrogens (tertiary/aromatic N) is 2. The van der Waals surface area contributed by atoms with E-state index >= 15 is 0 Å². The minimum atomic E-state index is 0.824. The van der Waals surface area contributed by atoms with Crippen molar-refractivity contribution in [3.63, 3.8) is 0 Å². The lowest BCUT2D eigenvalue weighted by atomic mass is 10.4. The van der Waals surface area contributed by atoms with Crippen LogP contribution in [-0.4, -0.2) is 36.0 Å². The molecular weight excluding hydrogens is 234 g/mol. The van der Waals surface area contributed by atoms with E-state index in [-0.39, 0.29) is 0 Å². The van der Waals surface area contributed by atoms with Crippen molar-refractivity contribution < 1.29 is 4.74 Å². The summed E-state index contributed by atoms with van der Waals surface area (Å²) < 4.78 is 5.01. The number of hydrogen-bond acceptors (Lipinski definition) is 5. The lowest BCUT2D eigenvalue weighted by Gasteiger charge is -2.06. The first-order valence-electron chi connectivity index (χ1n) is 5.91. The van der Waals surface area contributed by atoms with Gasteiger partial charge in [0.25, 0.3) is 0 Å². The van der Waals surface area contributed by atoms with Gasteiger partial charge in [-0.1, -0.05) is 0 Å². The van der Waals surface area contributed by atoms with E-state index in [2.05, 4.69) is 22.2 Å². The molecule has 1 rings (SSSR count). The molecule has 0 bridgehead atoms. The molecule has 0 aliphatic rings. The molecule has 0 amide bonds. The third kappa shape index (κ3) is 5.89. The minimum Gasteiger partial charge on any atom is -0.385 e. The number of ether oxygens (including phenoxy) is 1. The van der Waals surface area contributed by atoms with Crippen molar-refractivity contribution in [3.05, 3.63) is 17.6 Å². The van der Waals surface area contributed by atoms with Gasteiger partial charge in [-0.05, 0) is 26.0 Å². The first-order chi connectivity index (χ1) is 8.26. The Morgan fingerprint density at radius 1 is 1.41 bits per heavy atom. The monoisotopic (exact) mass is 255 g/mol. The Morgan fingerprint density at radius 2 is 2.24 bits per heavy atom. The molecule has 0 saturated carbocycles. The quantitative estimate of drug-likeness (QED) is 0.723. The van der Waals surface area contributed by atoms with Crippen LogP contribution in [0.3, 0.4) is 0 Å². The highest BCUT2D eigenvalue weighted by molar-refractivity contribution is 7.98. The van der Waals surface area contributed by atoms with Crippen molar-refractivity contribution >= 4 is 17.6 Å². The summed E-state index contributed by atoms with van der Waals surface area (Å²) in [6.07, 6.45) is 1.08. The average Bonchev–Trinajstić information content (AvgIpc) is 2.28. The van der Waals surface area contributed by atoms with Gasteiger partial charge >= 0.3 is 0 Å². The maximum atomic E-state index is 5.01. The Kier molecular flexibility index (Phi) is 6.96. The normalized spacial score (nSPS) is 10.5. The van der Waals surface area contributed by atoms with Gasteiger partial charge in [-0.15, -0.1) is 0 Å². The third-order valence-electron chi connectivity index (χ3n) is 2.13. The van der Waals surface area contributed by atoms with E-state index in [1.807, 2.05) is 24.8 Å². The van der Waals surface area contributed by atoms with E-state index in [1.165, 1.54) is 0 Å². The molecule has 5 heteroatoms. The predicted molar refractivity (Wildman–Crippen MR) is 73.6 cm³/mol. The summed E-state index contributed by atoms with van der Waals surface area (Å²) in [4.78, 5) is 8.90. The van der Waals surface area contributed by atoms with E-state index in [9.17, 15) is 0 Å². The minimum absolute atomic E-state index is 0.824. The Bertz CT molecular complexity index is 334. The summed E-state index contributed by atoms with van der Waals surface area (Å²) >= 11 is 1.85. The molecule has 0 aromatic carbocycles. The largest absolute Gasteiger partial charge is 0.385 e. The molecule has 0 spiro atoms. The molecule has 0 saturated heterocycles. The zero-order valence-electron chi connectivity index (χ0n) is 10.8. The fourth-order valence-corrected chi connectivity index (χ4v) is 2.21. The van der Waals surface area contributed by atoms with Gasteiger partial charge in [-0.3, -0.25) is 0 Å². The maximum absolute atomic E-state index is 5.01. The number of methoxy groups -OCH3 is 1. The molecule has 0 aliphatic heterocycles. The van der Waals surface area contributed by atoms with Crippen LogP contribution >= 0.6 is 11.8 Å². The number of thioether (sulfide) groups is 1. The zero-order valence-corrected chi connectivity index (χ0v) is 11.6. The van der Waals surface area contributed by atoms with Crippen molar-refractivity contribution in [1.82, 2.24) is 9.97 Å². The van der Waals surface area contributed by atoms with Gasteiger partial charge in [0.1, 0.15) is 11.6 Å². The summed E-state index contributed by atoms with van der Waals surface area (Å²) in [6.45, 7) is 5.78. The molecule has 1 heterocycles. The second-order valence-electron chi connectivity index (χ2n) is 3.74. The van der Waals surface area contributed by atoms with Crippen LogP contribution in [0.2, 0.25) is 0 Å². The van der Waals surface area contributed by atoms with Gasteiger partial charge in [-0.25, -0.2) is 9.97 Å². The standard InChI is InChI=1S/C12H21N3OS/c1-4-13-11-8-10(2)14-12(15-11)9-17-7-5-6-16-3/h8H,4-7,9H2,1-3H3,(H,13,14,15). The number of rotatable bonds is 8. The van der Waals surface area contributed by atoms with Crippen LogP contribution < -0.4 is 5.32 Å². The highest BCUT2D eigenvalue weighted by Gasteiger charge is 2.01. The Labute approximate surface area is 108 Å². The molecule has 0 aliphatic carbocycles. The molecule has 4 nitrogen and oxygen atoms in total. The van der Waals surface area contributed by atoms with Crippen LogP contribution in [0.1, 0.15) is 24.9 Å². The average molecular weight is 255 g/mol. The topological polar surface area (TPSA) is 47.0 Å². The molecule has 0 unspecified atom stereocenters. The molecule has 0 atom stereocenters. The van der Waals surface area contributed by atoms with Crippen molar-refractivity contribution in [2.75, 3.05) is 31.3 Å². The zero-order chi connectivity index (χ0) is 12.5. The summed E-state index contributed by atoms with van der Waals surface area (Å²) in [6, 6.07) is 1.97. The number of nitrogens with one attached hydrogen (secondary N) is 1. The maximum Gasteiger partial charge on any atom is 0.140 e. The first kappa shape index (κ1) is 14.3. The molecule has 1 N–H and O–H groups in total. The first-order valence-corrected chi connectivity index (χ1v) is 7.06. The van der Waals surface area contributed by atoms with Gasteiger partial charge in [0.2, 0.25) is 0 Å². The number of aromatic nitrogens is 2.